The van der Waals surface area contributed by atoms with E-state index in [2.05, 4.69) is 10.3 Å². The van der Waals surface area contributed by atoms with E-state index in [4.69, 9.17) is 16.6 Å². The Bertz CT molecular complexity index is 1200. The Labute approximate surface area is 181 Å². The number of aromatic nitrogens is 2. The third kappa shape index (κ3) is 3.84. The highest BCUT2D eigenvalue weighted by Crippen LogP contribution is 2.37. The quantitative estimate of drug-likeness (QED) is 0.390. The molecule has 146 valence electrons. The van der Waals surface area contributed by atoms with E-state index in [0.717, 1.165) is 45.3 Å². The van der Waals surface area contributed by atoms with Crippen molar-refractivity contribution in [3.05, 3.63) is 58.7 Å². The van der Waals surface area contributed by atoms with Gasteiger partial charge in [0.05, 0.1) is 21.5 Å². The summed E-state index contributed by atoms with van der Waals surface area (Å²) >= 11 is 9.33. The number of hydrogen-bond donors (Lipinski definition) is 1. The van der Waals surface area contributed by atoms with Crippen molar-refractivity contribution < 1.29 is 4.79 Å². The van der Waals surface area contributed by atoms with Crippen LogP contribution in [0, 0.1) is 0 Å². The number of carbonyl (C=O) groups excluding carboxylic acids is 1. The second-order valence-electron chi connectivity index (χ2n) is 7.06. The summed E-state index contributed by atoms with van der Waals surface area (Å²) in [5.41, 5.74) is 4.30. The van der Waals surface area contributed by atoms with Crippen LogP contribution in [-0.2, 0) is 17.6 Å². The Balaban J connectivity index is 1.40. The standard InChI is InChI=1S/C22H18ClN3OS2/c23-13-9-10-17-15(11-13)21(14-5-1-2-6-16(14)24-17)28-12-20(27)26-22-25-18-7-3-4-8-19(18)29-22/h3-4,7-11H,1-2,5-6,12H2,(H,25,26,27). The minimum absolute atomic E-state index is 0.0504. The first kappa shape index (κ1) is 18.9. The SMILES string of the molecule is O=C(CSc1c2c(nc3ccc(Cl)cc13)CCCC2)Nc1nc2ccccc2s1. The van der Waals surface area contributed by atoms with Crippen molar-refractivity contribution in [3.63, 3.8) is 0 Å². The molecule has 0 saturated heterocycles. The molecule has 0 saturated carbocycles. The summed E-state index contributed by atoms with van der Waals surface area (Å²) in [7, 11) is 0. The number of thiazole rings is 1. The zero-order valence-corrected chi connectivity index (χ0v) is 18.0. The third-order valence-electron chi connectivity index (χ3n) is 5.06. The van der Waals surface area contributed by atoms with E-state index < -0.39 is 0 Å². The van der Waals surface area contributed by atoms with E-state index >= 15 is 0 Å². The Hall–Kier alpha value is -2.15. The van der Waals surface area contributed by atoms with Crippen LogP contribution in [0.5, 0.6) is 0 Å². The van der Waals surface area contributed by atoms with Gasteiger partial charge in [-0.25, -0.2) is 4.98 Å². The molecular formula is C22H18ClN3OS2. The average molecular weight is 440 g/mol. The van der Waals surface area contributed by atoms with Crippen LogP contribution >= 0.6 is 34.7 Å². The van der Waals surface area contributed by atoms with E-state index in [1.807, 2.05) is 42.5 Å². The van der Waals surface area contributed by atoms with E-state index in [1.54, 1.807) is 11.8 Å². The van der Waals surface area contributed by atoms with Gasteiger partial charge in [-0.05, 0) is 61.6 Å². The van der Waals surface area contributed by atoms with Gasteiger partial charge in [-0.2, -0.15) is 0 Å². The fraction of sp³-hybridized carbons (Fsp3) is 0.227. The first-order chi connectivity index (χ1) is 14.2. The molecule has 0 fully saturated rings. The molecule has 0 bridgehead atoms. The highest BCUT2D eigenvalue weighted by atomic mass is 35.5. The maximum Gasteiger partial charge on any atom is 0.236 e. The summed E-state index contributed by atoms with van der Waals surface area (Å²) in [5.74, 6) is 0.277. The van der Waals surface area contributed by atoms with Crippen LogP contribution in [0.2, 0.25) is 5.02 Å². The second kappa shape index (κ2) is 7.94. The number of carbonyl (C=O) groups is 1. The van der Waals surface area contributed by atoms with Gasteiger partial charge in [0.2, 0.25) is 5.91 Å². The maximum atomic E-state index is 12.6. The van der Waals surface area contributed by atoms with E-state index in [-0.39, 0.29) is 5.91 Å². The summed E-state index contributed by atoms with van der Waals surface area (Å²) < 4.78 is 1.07. The number of halogens is 1. The smallest absolute Gasteiger partial charge is 0.236 e. The topological polar surface area (TPSA) is 54.9 Å². The van der Waals surface area contributed by atoms with Crippen molar-refractivity contribution in [1.82, 2.24) is 9.97 Å². The van der Waals surface area contributed by atoms with E-state index in [0.29, 0.717) is 15.9 Å². The molecule has 0 aliphatic heterocycles. The van der Waals surface area contributed by atoms with Crippen LogP contribution in [0.3, 0.4) is 0 Å². The summed E-state index contributed by atoms with van der Waals surface area (Å²) in [6.45, 7) is 0. The Kier molecular flexibility index (Phi) is 5.16. The van der Waals surface area contributed by atoms with Gasteiger partial charge in [0.25, 0.3) is 0 Å². The maximum absolute atomic E-state index is 12.6. The first-order valence-electron chi connectivity index (χ1n) is 9.56. The number of nitrogens with one attached hydrogen (secondary N) is 1. The highest BCUT2D eigenvalue weighted by molar-refractivity contribution is 8.00. The predicted molar refractivity (Wildman–Crippen MR) is 122 cm³/mol. The van der Waals surface area contributed by atoms with Crippen molar-refractivity contribution in [2.45, 2.75) is 30.6 Å². The number of thioether (sulfide) groups is 1. The number of fused-ring (bicyclic) bond motifs is 3. The van der Waals surface area contributed by atoms with E-state index in [1.165, 1.54) is 29.0 Å². The van der Waals surface area contributed by atoms with Gasteiger partial charge in [-0.15, -0.1) is 11.8 Å². The lowest BCUT2D eigenvalue weighted by atomic mass is 9.94. The molecule has 0 radical (unpaired) electrons. The third-order valence-corrected chi connectivity index (χ3v) is 7.41. The molecule has 0 spiro atoms. The Morgan fingerprint density at radius 2 is 1.97 bits per heavy atom. The highest BCUT2D eigenvalue weighted by Gasteiger charge is 2.20. The van der Waals surface area contributed by atoms with Gasteiger partial charge >= 0.3 is 0 Å². The minimum Gasteiger partial charge on any atom is -0.301 e. The van der Waals surface area contributed by atoms with E-state index in [9.17, 15) is 4.79 Å². The van der Waals surface area contributed by atoms with Crippen molar-refractivity contribution in [1.29, 1.82) is 0 Å². The van der Waals surface area contributed by atoms with Gasteiger partial charge in [0, 0.05) is 21.0 Å². The number of rotatable bonds is 4. The van der Waals surface area contributed by atoms with Crippen LogP contribution < -0.4 is 5.32 Å². The lowest BCUT2D eigenvalue weighted by Crippen LogP contribution is -2.14. The Morgan fingerprint density at radius 3 is 2.86 bits per heavy atom. The van der Waals surface area contributed by atoms with Crippen LogP contribution in [0.1, 0.15) is 24.1 Å². The van der Waals surface area contributed by atoms with Crippen LogP contribution in [0.4, 0.5) is 5.13 Å². The number of benzene rings is 2. The average Bonchev–Trinajstić information content (AvgIpc) is 3.13. The molecule has 0 unspecified atom stereocenters. The van der Waals surface area contributed by atoms with Crippen molar-refractivity contribution in [3.8, 4) is 0 Å². The number of hydrogen-bond acceptors (Lipinski definition) is 5. The second-order valence-corrected chi connectivity index (χ2v) is 9.51. The van der Waals surface area contributed by atoms with Gasteiger partial charge in [-0.1, -0.05) is 35.1 Å². The monoisotopic (exact) mass is 439 g/mol. The van der Waals surface area contributed by atoms with Gasteiger partial charge in [-0.3, -0.25) is 9.78 Å². The lowest BCUT2D eigenvalue weighted by Gasteiger charge is -2.20. The van der Waals surface area contributed by atoms with Crippen LogP contribution in [0.25, 0.3) is 21.1 Å². The molecule has 2 heterocycles. The molecule has 0 atom stereocenters. The molecular weight excluding hydrogens is 422 g/mol. The molecule has 1 amide bonds. The number of anilines is 1. The molecule has 4 nitrogen and oxygen atoms in total. The first-order valence-corrected chi connectivity index (χ1v) is 11.7. The van der Waals surface area contributed by atoms with Gasteiger partial charge in [0.15, 0.2) is 5.13 Å². The van der Waals surface area contributed by atoms with Crippen LogP contribution in [-0.4, -0.2) is 21.6 Å². The molecule has 2 aromatic carbocycles. The number of para-hydroxylation sites is 1. The number of pyridine rings is 1. The summed E-state index contributed by atoms with van der Waals surface area (Å²) in [4.78, 5) is 23.1. The predicted octanol–water partition coefficient (Wildman–Crippen LogP) is 6.11. The van der Waals surface area contributed by atoms with Crippen molar-refractivity contribution in [2.24, 2.45) is 0 Å². The van der Waals surface area contributed by atoms with Gasteiger partial charge in [0.1, 0.15) is 0 Å². The largest absolute Gasteiger partial charge is 0.301 e. The summed E-state index contributed by atoms with van der Waals surface area (Å²) in [6, 6.07) is 13.7. The number of nitrogens with zero attached hydrogens (tertiary/aromatic N) is 2. The molecule has 7 heteroatoms. The zero-order chi connectivity index (χ0) is 19.8. The molecule has 1 aliphatic rings. The van der Waals surface area contributed by atoms with Crippen molar-refractivity contribution >= 4 is 66.9 Å². The van der Waals surface area contributed by atoms with Gasteiger partial charge < -0.3 is 5.32 Å². The van der Waals surface area contributed by atoms with Crippen molar-refractivity contribution in [2.75, 3.05) is 11.1 Å². The Morgan fingerprint density at radius 1 is 1.10 bits per heavy atom. The molecule has 1 aliphatic carbocycles. The minimum atomic E-state index is -0.0504. The number of aryl methyl sites for hydroxylation is 1. The summed E-state index contributed by atoms with van der Waals surface area (Å²) in [6.07, 6.45) is 4.33. The lowest BCUT2D eigenvalue weighted by molar-refractivity contribution is -0.113. The molecule has 5 rings (SSSR count). The normalized spacial score (nSPS) is 13.6. The summed E-state index contributed by atoms with van der Waals surface area (Å²) in [5, 5.41) is 5.32. The fourth-order valence-electron chi connectivity index (χ4n) is 3.74. The number of amides is 1. The molecule has 1 N–H and O–H groups in total. The zero-order valence-electron chi connectivity index (χ0n) is 15.6. The van der Waals surface area contributed by atoms with Crippen LogP contribution in [0.15, 0.2) is 47.4 Å². The molecule has 29 heavy (non-hydrogen) atoms. The fourth-order valence-corrected chi connectivity index (χ4v) is 5.85. The molecule has 2 aromatic heterocycles. The molecule has 4 aromatic rings.